The number of benzene rings is 1. The summed E-state index contributed by atoms with van der Waals surface area (Å²) in [4.78, 5) is 7.23. The van der Waals surface area contributed by atoms with Crippen molar-refractivity contribution in [2.24, 2.45) is 0 Å². The lowest BCUT2D eigenvalue weighted by Crippen LogP contribution is -2.40. The highest BCUT2D eigenvalue weighted by atomic mass is 79.9. The third-order valence-electron chi connectivity index (χ3n) is 5.40. The molecule has 4 nitrogen and oxygen atoms in total. The van der Waals surface area contributed by atoms with Gasteiger partial charge in [-0.25, -0.2) is 4.98 Å². The van der Waals surface area contributed by atoms with E-state index in [0.29, 0.717) is 0 Å². The molecule has 30 heavy (non-hydrogen) atoms. The van der Waals surface area contributed by atoms with Gasteiger partial charge in [0.1, 0.15) is 11.4 Å². The van der Waals surface area contributed by atoms with Gasteiger partial charge in [0.15, 0.2) is 6.23 Å². The fourth-order valence-electron chi connectivity index (χ4n) is 3.69. The Balaban J connectivity index is 1.64. The van der Waals surface area contributed by atoms with Gasteiger partial charge in [-0.1, -0.05) is 45.7 Å². The second kappa shape index (κ2) is 11.5. The van der Waals surface area contributed by atoms with Crippen molar-refractivity contribution in [3.05, 3.63) is 64.5 Å². The first kappa shape index (κ1) is 22.8. The zero-order chi connectivity index (χ0) is 21.3. The highest BCUT2D eigenvalue weighted by Crippen LogP contribution is 2.20. The predicted molar refractivity (Wildman–Crippen MR) is 128 cm³/mol. The summed E-state index contributed by atoms with van der Waals surface area (Å²) >= 11 is 3.51. The summed E-state index contributed by atoms with van der Waals surface area (Å²) in [6, 6.07) is 12.6. The van der Waals surface area contributed by atoms with Crippen LogP contribution in [0.15, 0.2) is 53.3 Å². The molecule has 2 aromatic heterocycles. The van der Waals surface area contributed by atoms with Crippen LogP contribution in [0.4, 0.5) is 0 Å². The van der Waals surface area contributed by atoms with Gasteiger partial charge in [-0.3, -0.25) is 4.90 Å². The molecule has 0 saturated carbocycles. The average Bonchev–Trinajstić information content (AvgIpc) is 3.15. The summed E-state index contributed by atoms with van der Waals surface area (Å²) in [5.41, 5.74) is 3.28. The Morgan fingerprint density at radius 1 is 0.967 bits per heavy atom. The topological polar surface area (TPSA) is 29.8 Å². The SMILES string of the molecule is CCCCN(CCCC)C(CC)Oc1ccc(Cc2cn3cc(Br)ccc3n2)cc1. The van der Waals surface area contributed by atoms with Gasteiger partial charge >= 0.3 is 0 Å². The van der Waals surface area contributed by atoms with Crippen molar-refractivity contribution in [3.8, 4) is 5.75 Å². The van der Waals surface area contributed by atoms with Crippen molar-refractivity contribution in [1.82, 2.24) is 14.3 Å². The lowest BCUT2D eigenvalue weighted by Gasteiger charge is -2.31. The van der Waals surface area contributed by atoms with Crippen molar-refractivity contribution in [3.63, 3.8) is 0 Å². The number of pyridine rings is 1. The molecule has 0 radical (unpaired) electrons. The smallest absolute Gasteiger partial charge is 0.152 e. The van der Waals surface area contributed by atoms with E-state index in [4.69, 9.17) is 9.72 Å². The normalized spacial score (nSPS) is 12.6. The molecule has 0 saturated heterocycles. The van der Waals surface area contributed by atoms with Gasteiger partial charge in [0.05, 0.1) is 5.69 Å². The molecule has 0 aliphatic rings. The van der Waals surface area contributed by atoms with Crippen LogP contribution in [0, 0.1) is 0 Å². The van der Waals surface area contributed by atoms with Crippen molar-refractivity contribution in [1.29, 1.82) is 0 Å². The molecule has 0 spiro atoms. The van der Waals surface area contributed by atoms with E-state index < -0.39 is 0 Å². The Morgan fingerprint density at radius 2 is 1.67 bits per heavy atom. The summed E-state index contributed by atoms with van der Waals surface area (Å²) in [6.07, 6.45) is 11.0. The molecular weight excluding hydrogens is 438 g/mol. The molecule has 0 aliphatic carbocycles. The van der Waals surface area contributed by atoms with E-state index in [-0.39, 0.29) is 6.23 Å². The Labute approximate surface area is 189 Å². The van der Waals surface area contributed by atoms with Crippen LogP contribution < -0.4 is 4.74 Å². The minimum Gasteiger partial charge on any atom is -0.475 e. The lowest BCUT2D eigenvalue weighted by atomic mass is 10.1. The summed E-state index contributed by atoms with van der Waals surface area (Å²) in [6.45, 7) is 8.93. The molecule has 5 heteroatoms. The second-order valence-corrected chi connectivity index (χ2v) is 8.81. The number of imidazole rings is 1. The van der Waals surface area contributed by atoms with Gasteiger partial charge in [-0.15, -0.1) is 0 Å². The monoisotopic (exact) mass is 471 g/mol. The van der Waals surface area contributed by atoms with E-state index in [1.54, 1.807) is 0 Å². The minimum atomic E-state index is 0.144. The molecule has 0 fully saturated rings. The Bertz CT molecular complexity index is 898. The van der Waals surface area contributed by atoms with Crippen molar-refractivity contribution in [2.75, 3.05) is 13.1 Å². The Kier molecular flexibility index (Phi) is 8.76. The lowest BCUT2D eigenvalue weighted by molar-refractivity contribution is 0.0202. The molecule has 3 aromatic rings. The molecule has 0 bridgehead atoms. The molecule has 1 aromatic carbocycles. The van der Waals surface area contributed by atoms with E-state index >= 15 is 0 Å². The van der Waals surface area contributed by atoms with E-state index in [1.807, 2.05) is 18.3 Å². The highest BCUT2D eigenvalue weighted by Gasteiger charge is 2.17. The van der Waals surface area contributed by atoms with Gasteiger partial charge in [0.2, 0.25) is 0 Å². The van der Waals surface area contributed by atoms with Crippen LogP contribution in [0.5, 0.6) is 5.75 Å². The summed E-state index contributed by atoms with van der Waals surface area (Å²) in [5.74, 6) is 0.947. The molecule has 0 N–H and O–H groups in total. The third kappa shape index (κ3) is 6.32. The van der Waals surface area contributed by atoms with Crippen molar-refractivity contribution in [2.45, 2.75) is 65.5 Å². The molecule has 162 valence electrons. The van der Waals surface area contributed by atoms with Gasteiger partial charge < -0.3 is 9.14 Å². The van der Waals surface area contributed by atoms with Crippen LogP contribution in [0.2, 0.25) is 0 Å². The molecule has 0 amide bonds. The zero-order valence-electron chi connectivity index (χ0n) is 18.5. The maximum Gasteiger partial charge on any atom is 0.152 e. The Hall–Kier alpha value is -1.85. The van der Waals surface area contributed by atoms with Crippen LogP contribution >= 0.6 is 15.9 Å². The van der Waals surface area contributed by atoms with Crippen LogP contribution in [0.3, 0.4) is 0 Å². The van der Waals surface area contributed by atoms with Crippen LogP contribution in [-0.2, 0) is 6.42 Å². The van der Waals surface area contributed by atoms with Gasteiger partial charge in [-0.2, -0.15) is 0 Å². The van der Waals surface area contributed by atoms with Gasteiger partial charge in [0.25, 0.3) is 0 Å². The average molecular weight is 472 g/mol. The fraction of sp³-hybridized carbons (Fsp3) is 0.480. The van der Waals surface area contributed by atoms with E-state index in [9.17, 15) is 0 Å². The number of halogens is 1. The minimum absolute atomic E-state index is 0.144. The van der Waals surface area contributed by atoms with E-state index in [2.05, 4.69) is 76.5 Å². The molecule has 3 rings (SSSR count). The number of ether oxygens (including phenoxy) is 1. The van der Waals surface area contributed by atoms with Crippen LogP contribution in [-0.4, -0.2) is 33.6 Å². The van der Waals surface area contributed by atoms with Crippen LogP contribution in [0.1, 0.15) is 64.1 Å². The van der Waals surface area contributed by atoms with Crippen LogP contribution in [0.25, 0.3) is 5.65 Å². The first-order valence-corrected chi connectivity index (χ1v) is 12.0. The summed E-state index contributed by atoms with van der Waals surface area (Å²) in [7, 11) is 0. The zero-order valence-corrected chi connectivity index (χ0v) is 20.1. The molecule has 0 aliphatic heterocycles. The number of fused-ring (bicyclic) bond motifs is 1. The number of nitrogens with zero attached hydrogens (tertiary/aromatic N) is 3. The number of rotatable bonds is 12. The van der Waals surface area contributed by atoms with Crippen molar-refractivity contribution < 1.29 is 4.74 Å². The van der Waals surface area contributed by atoms with Gasteiger partial charge in [-0.05, 0) is 65.0 Å². The summed E-state index contributed by atoms with van der Waals surface area (Å²) < 4.78 is 9.50. The molecule has 1 unspecified atom stereocenters. The summed E-state index contributed by atoms with van der Waals surface area (Å²) in [5, 5.41) is 0. The number of hydrogen-bond acceptors (Lipinski definition) is 3. The highest BCUT2D eigenvalue weighted by molar-refractivity contribution is 9.10. The first-order valence-electron chi connectivity index (χ1n) is 11.3. The van der Waals surface area contributed by atoms with E-state index in [0.717, 1.165) is 47.5 Å². The maximum atomic E-state index is 6.39. The number of hydrogen-bond donors (Lipinski definition) is 0. The maximum absolute atomic E-state index is 6.39. The van der Waals surface area contributed by atoms with Crippen molar-refractivity contribution >= 4 is 21.6 Å². The van der Waals surface area contributed by atoms with E-state index in [1.165, 1.54) is 31.2 Å². The standard InChI is InChI=1S/C25H34BrN3O/c1-4-7-15-28(16-8-5-2)25(6-3)30-23-12-9-20(10-13-23)17-22-19-29-18-21(26)11-14-24(29)27-22/h9-14,18-19,25H,4-8,15-17H2,1-3H3. The number of aromatic nitrogens is 2. The molecule has 1 atom stereocenters. The second-order valence-electron chi connectivity index (χ2n) is 7.89. The quantitative estimate of drug-likeness (QED) is 0.275. The first-order chi connectivity index (χ1) is 14.6. The molecular formula is C25H34BrN3O. The third-order valence-corrected chi connectivity index (χ3v) is 5.87. The Morgan fingerprint density at radius 3 is 2.30 bits per heavy atom. The largest absolute Gasteiger partial charge is 0.475 e. The predicted octanol–water partition coefficient (Wildman–Crippen LogP) is 6.70. The number of unbranched alkanes of at least 4 members (excludes halogenated alkanes) is 2. The molecule has 2 heterocycles. The van der Waals surface area contributed by atoms with Gasteiger partial charge in [0, 0.05) is 36.4 Å². The fourth-order valence-corrected chi connectivity index (χ4v) is 4.05.